The second-order valence-electron chi connectivity index (χ2n) is 3.80. The van der Waals surface area contributed by atoms with Crippen LogP contribution in [-0.4, -0.2) is 16.0 Å². The van der Waals surface area contributed by atoms with E-state index < -0.39 is 0 Å². The van der Waals surface area contributed by atoms with Crippen molar-refractivity contribution in [2.45, 2.75) is 6.92 Å². The summed E-state index contributed by atoms with van der Waals surface area (Å²) in [7, 11) is 0. The van der Waals surface area contributed by atoms with Crippen LogP contribution >= 0.6 is 0 Å². The van der Waals surface area contributed by atoms with Crippen LogP contribution in [0.2, 0.25) is 0 Å². The summed E-state index contributed by atoms with van der Waals surface area (Å²) in [6.07, 6.45) is 0. The van der Waals surface area contributed by atoms with E-state index in [1.165, 1.54) is 19.1 Å². The van der Waals surface area contributed by atoms with Crippen molar-refractivity contribution in [3.05, 3.63) is 48.0 Å². The molecule has 0 saturated heterocycles. The zero-order chi connectivity index (χ0) is 12.4. The first kappa shape index (κ1) is 11.2. The number of ketones is 1. The van der Waals surface area contributed by atoms with Gasteiger partial charge in [-0.1, -0.05) is 30.3 Å². The lowest BCUT2D eigenvalue weighted by Crippen LogP contribution is -1.91. The van der Waals surface area contributed by atoms with Crippen LogP contribution in [0.4, 0.5) is 0 Å². The Labute approximate surface area is 99.0 Å². The fraction of sp³-hybridized carbons (Fsp3) is 0.0714. The maximum Gasteiger partial charge on any atom is 0.159 e. The molecule has 0 aromatic heterocycles. The molecule has 0 heterocycles. The van der Waals surface area contributed by atoms with Crippen molar-refractivity contribution >= 4 is 5.78 Å². The molecule has 3 nitrogen and oxygen atoms in total. The Morgan fingerprint density at radius 3 is 1.94 bits per heavy atom. The molecule has 0 amide bonds. The molecule has 0 saturated carbocycles. The van der Waals surface area contributed by atoms with Crippen molar-refractivity contribution in [2.24, 2.45) is 0 Å². The van der Waals surface area contributed by atoms with Crippen LogP contribution in [0.15, 0.2) is 42.5 Å². The van der Waals surface area contributed by atoms with E-state index in [-0.39, 0.29) is 17.3 Å². The molecule has 2 aromatic rings. The van der Waals surface area contributed by atoms with Gasteiger partial charge in [-0.3, -0.25) is 4.79 Å². The van der Waals surface area contributed by atoms with E-state index in [0.717, 1.165) is 0 Å². The maximum absolute atomic E-state index is 11.1. The largest absolute Gasteiger partial charge is 0.507 e. The number of hydrogen-bond acceptors (Lipinski definition) is 3. The average molecular weight is 228 g/mol. The van der Waals surface area contributed by atoms with Crippen molar-refractivity contribution in [3.8, 4) is 22.6 Å². The zero-order valence-electron chi connectivity index (χ0n) is 9.34. The number of benzene rings is 2. The Bertz CT molecular complexity index is 536. The number of carbonyl (C=O) groups excluding carboxylic acids is 1. The van der Waals surface area contributed by atoms with Gasteiger partial charge in [-0.05, 0) is 24.6 Å². The van der Waals surface area contributed by atoms with E-state index in [0.29, 0.717) is 16.7 Å². The number of hydrogen-bond donors (Lipinski definition) is 2. The van der Waals surface area contributed by atoms with Crippen molar-refractivity contribution in [1.82, 2.24) is 0 Å². The van der Waals surface area contributed by atoms with Gasteiger partial charge in [-0.2, -0.15) is 0 Å². The molecule has 3 heteroatoms. The van der Waals surface area contributed by atoms with Crippen molar-refractivity contribution in [1.29, 1.82) is 0 Å². The van der Waals surface area contributed by atoms with Crippen LogP contribution in [-0.2, 0) is 0 Å². The average Bonchev–Trinajstić information content (AvgIpc) is 2.29. The van der Waals surface area contributed by atoms with Gasteiger partial charge >= 0.3 is 0 Å². The topological polar surface area (TPSA) is 57.5 Å². The molecule has 0 aliphatic heterocycles. The van der Waals surface area contributed by atoms with Crippen molar-refractivity contribution in [3.63, 3.8) is 0 Å². The highest BCUT2D eigenvalue weighted by Gasteiger charge is 2.09. The molecule has 2 rings (SSSR count). The predicted octanol–water partition coefficient (Wildman–Crippen LogP) is 2.97. The quantitative estimate of drug-likeness (QED) is 0.777. The van der Waals surface area contributed by atoms with Crippen LogP contribution in [0.25, 0.3) is 11.1 Å². The molecule has 0 atom stereocenters. The molecule has 0 bridgehead atoms. The molecule has 0 unspecified atom stereocenters. The van der Waals surface area contributed by atoms with Gasteiger partial charge in [0.2, 0.25) is 0 Å². The molecular formula is C14H12O3. The molecule has 17 heavy (non-hydrogen) atoms. The first-order chi connectivity index (χ1) is 8.09. The summed E-state index contributed by atoms with van der Waals surface area (Å²) in [6.45, 7) is 1.49. The second-order valence-corrected chi connectivity index (χ2v) is 3.80. The predicted molar refractivity (Wildman–Crippen MR) is 65.2 cm³/mol. The van der Waals surface area contributed by atoms with E-state index in [1.807, 2.05) is 0 Å². The van der Waals surface area contributed by atoms with E-state index in [4.69, 9.17) is 0 Å². The number of Topliss-reactive ketones (excluding diaryl/α,β-unsaturated/α-hetero) is 1. The molecule has 0 spiro atoms. The molecule has 2 aromatic carbocycles. The normalized spacial score (nSPS) is 10.2. The van der Waals surface area contributed by atoms with Crippen molar-refractivity contribution in [2.75, 3.05) is 0 Å². The summed E-state index contributed by atoms with van der Waals surface area (Å²) in [4.78, 5) is 11.1. The minimum atomic E-state index is -0.0157. The summed E-state index contributed by atoms with van der Waals surface area (Å²) in [5.74, 6) is 0.0132. The van der Waals surface area contributed by atoms with Gasteiger partial charge in [0, 0.05) is 5.56 Å². The van der Waals surface area contributed by atoms with Crippen LogP contribution in [0.3, 0.4) is 0 Å². The van der Waals surface area contributed by atoms with E-state index in [1.54, 1.807) is 30.3 Å². The highest BCUT2D eigenvalue weighted by atomic mass is 16.3. The smallest absolute Gasteiger partial charge is 0.159 e. The Morgan fingerprint density at radius 1 is 0.941 bits per heavy atom. The highest BCUT2D eigenvalue weighted by molar-refractivity contribution is 5.94. The molecule has 0 radical (unpaired) electrons. The van der Waals surface area contributed by atoms with Gasteiger partial charge in [0.1, 0.15) is 11.5 Å². The maximum atomic E-state index is 11.1. The molecule has 0 aliphatic carbocycles. The molecule has 0 aliphatic rings. The fourth-order valence-electron chi connectivity index (χ4n) is 1.70. The summed E-state index contributed by atoms with van der Waals surface area (Å²) in [5.41, 5.74) is 1.65. The Morgan fingerprint density at radius 2 is 1.47 bits per heavy atom. The summed E-state index contributed by atoms with van der Waals surface area (Å²) in [6, 6.07) is 11.3. The molecule has 0 fully saturated rings. The lowest BCUT2D eigenvalue weighted by Gasteiger charge is -2.07. The van der Waals surface area contributed by atoms with Gasteiger partial charge in [-0.15, -0.1) is 0 Å². The van der Waals surface area contributed by atoms with Crippen LogP contribution in [0.5, 0.6) is 11.5 Å². The third kappa shape index (κ3) is 2.13. The minimum Gasteiger partial charge on any atom is -0.507 e. The van der Waals surface area contributed by atoms with Crippen LogP contribution in [0, 0.1) is 0 Å². The Kier molecular flexibility index (Phi) is 2.83. The molecule has 86 valence electrons. The van der Waals surface area contributed by atoms with Gasteiger partial charge in [0.05, 0.1) is 5.56 Å². The van der Waals surface area contributed by atoms with E-state index in [2.05, 4.69) is 0 Å². The SMILES string of the molecule is CC(=O)c1ccc(-c2c(O)cccc2O)cc1. The Hall–Kier alpha value is -2.29. The Balaban J connectivity index is 2.50. The van der Waals surface area contributed by atoms with Gasteiger partial charge in [0.25, 0.3) is 0 Å². The second kappa shape index (κ2) is 4.29. The molecule has 2 N–H and O–H groups in total. The van der Waals surface area contributed by atoms with E-state index >= 15 is 0 Å². The van der Waals surface area contributed by atoms with Gasteiger partial charge < -0.3 is 10.2 Å². The van der Waals surface area contributed by atoms with Crippen LogP contribution in [0.1, 0.15) is 17.3 Å². The number of aromatic hydroxyl groups is 2. The summed E-state index contributed by atoms with van der Waals surface area (Å²) >= 11 is 0. The standard InChI is InChI=1S/C14H12O3/c1-9(15)10-5-7-11(8-6-10)14-12(16)3-2-4-13(14)17/h2-8,16-17H,1H3. The summed E-state index contributed by atoms with van der Waals surface area (Å²) < 4.78 is 0. The molecular weight excluding hydrogens is 216 g/mol. The highest BCUT2D eigenvalue weighted by Crippen LogP contribution is 2.36. The van der Waals surface area contributed by atoms with Gasteiger partial charge in [0.15, 0.2) is 5.78 Å². The lowest BCUT2D eigenvalue weighted by atomic mass is 10.0. The number of carbonyl (C=O) groups is 1. The lowest BCUT2D eigenvalue weighted by molar-refractivity contribution is 0.101. The van der Waals surface area contributed by atoms with Crippen molar-refractivity contribution < 1.29 is 15.0 Å². The number of rotatable bonds is 2. The first-order valence-corrected chi connectivity index (χ1v) is 5.22. The number of phenolic OH excluding ortho intramolecular Hbond substituents is 2. The number of phenols is 2. The van der Waals surface area contributed by atoms with Crippen LogP contribution < -0.4 is 0 Å². The minimum absolute atomic E-state index is 0.0144. The first-order valence-electron chi connectivity index (χ1n) is 5.22. The monoisotopic (exact) mass is 228 g/mol. The summed E-state index contributed by atoms with van der Waals surface area (Å²) in [5, 5.41) is 19.4. The third-order valence-electron chi connectivity index (χ3n) is 2.60. The van der Waals surface area contributed by atoms with E-state index in [9.17, 15) is 15.0 Å². The fourth-order valence-corrected chi connectivity index (χ4v) is 1.70. The zero-order valence-corrected chi connectivity index (χ0v) is 9.34. The third-order valence-corrected chi connectivity index (χ3v) is 2.60. The van der Waals surface area contributed by atoms with Gasteiger partial charge in [-0.25, -0.2) is 0 Å².